The lowest BCUT2D eigenvalue weighted by Gasteiger charge is -2.36. The van der Waals surface area contributed by atoms with E-state index in [0.717, 1.165) is 94.2 Å². The summed E-state index contributed by atoms with van der Waals surface area (Å²) in [6.45, 7) is 13.2. The summed E-state index contributed by atoms with van der Waals surface area (Å²) < 4.78 is 162. The Balaban J connectivity index is 0.997. The Bertz CT molecular complexity index is 7570. The topological polar surface area (TPSA) is 29.5 Å². The van der Waals surface area contributed by atoms with E-state index in [4.69, 9.17) is 9.90 Å². The summed E-state index contributed by atoms with van der Waals surface area (Å²) in [4.78, 5) is 4.44. The lowest BCUT2D eigenvalue weighted by molar-refractivity contribution is 0.590. The predicted molar refractivity (Wildman–Crippen MR) is 487 cm³/mol. The molecule has 0 unspecified atom stereocenters. The second-order valence-corrected chi connectivity index (χ2v) is 31.3. The van der Waals surface area contributed by atoms with Crippen molar-refractivity contribution in [3.8, 4) is 89.3 Å². The van der Waals surface area contributed by atoms with Gasteiger partial charge in [-0.2, -0.15) is 0 Å². The minimum atomic E-state index is -0.575. The minimum Gasteiger partial charge on any atom is -0.456 e. The lowest BCUT2D eigenvalue weighted by atomic mass is 9.81. The summed E-state index contributed by atoms with van der Waals surface area (Å²) in [5, 5.41) is 1.36. The van der Waals surface area contributed by atoms with Gasteiger partial charge in [-0.05, 0) is 211 Å². The van der Waals surface area contributed by atoms with Crippen molar-refractivity contribution in [2.75, 3.05) is 9.80 Å². The molecule has 115 heavy (non-hydrogen) atoms. The van der Waals surface area contributed by atoms with E-state index in [1.54, 1.807) is 21.3 Å². The van der Waals surface area contributed by atoms with E-state index >= 15 is 0 Å². The van der Waals surface area contributed by atoms with Crippen molar-refractivity contribution in [1.82, 2.24) is 9.13 Å². The number of fused-ring (bicyclic) bond motifs is 9. The number of para-hydroxylation sites is 5. The van der Waals surface area contributed by atoms with Gasteiger partial charge in [0, 0.05) is 88.7 Å². The quantitative estimate of drug-likeness (QED) is 0.102. The second kappa shape index (κ2) is 28.5. The monoisotopic (exact) mass is 1490 g/mol. The van der Waals surface area contributed by atoms with Gasteiger partial charge in [0.05, 0.1) is 55.4 Å². The standard InChI is InChI=1S/C110H84N4O/c1-109(2,3)83-66-96(75-37-15-9-16-38-75)107(98(68-83)80-43-29-41-77(61-80)73-33-11-7-12-34-73)111(85-45-31-47-87(70-85)113-101-54-24-19-49-91(101)92-50-20-25-55-102(92)113)89-63-82(79-59-60-106-100(65-79)95-53-23-28-58-105(95)115-106)64-90(72-89)112(86-46-32-48-88(71-86)114-103-56-26-21-51-93(103)94-52-22-27-57-104(94)114)108-97(76-39-17-10-18-40-76)67-84(110(4,5)6)69-99(108)81-44-30-42-78(62-81)74-35-13-8-14-36-74/h7-72H,1-6H3/i19D,20D,21D,22D,24D,25D,26D,27D,49D,50D,51D,52D,54D,55D,56D,57D. The summed E-state index contributed by atoms with van der Waals surface area (Å²) in [5.41, 5.74) is 17.7. The Morgan fingerprint density at radius 3 is 1.00 bits per heavy atom. The number of furan rings is 1. The van der Waals surface area contributed by atoms with Crippen LogP contribution in [0.2, 0.25) is 0 Å². The van der Waals surface area contributed by atoms with Crippen LogP contribution in [-0.4, -0.2) is 9.13 Å². The molecule has 5 nitrogen and oxygen atoms in total. The van der Waals surface area contributed by atoms with Gasteiger partial charge in [-0.3, -0.25) is 0 Å². The Kier molecular flexibility index (Phi) is 13.5. The molecule has 0 aliphatic heterocycles. The summed E-state index contributed by atoms with van der Waals surface area (Å²) >= 11 is 0. The van der Waals surface area contributed by atoms with E-state index < -0.39 is 108 Å². The van der Waals surface area contributed by atoms with Crippen LogP contribution >= 0.6 is 0 Å². The highest BCUT2D eigenvalue weighted by Crippen LogP contribution is 2.55. The largest absolute Gasteiger partial charge is 0.456 e. The first kappa shape index (κ1) is 54.4. The maximum absolute atomic E-state index is 9.91. The molecule has 0 amide bonds. The van der Waals surface area contributed by atoms with Crippen LogP contribution in [0.4, 0.5) is 34.1 Å². The SMILES string of the molecule is [2H]c1c([2H])c([2H])c2c(c1[2H])c1c([2H])c([2H])c([2H])c([2H])c1n2-c1cccc(N(c2cc(-c3ccc4oc5ccccc5c4c3)cc(N(c3cccc(-n4c5c([2H])c([2H])c([2H])c([2H])c5c5c([2H])c([2H])c([2H])c([2H])c54)c3)c3c(-c4ccccc4)cc(C(C)(C)C)cc3-c3cccc(-c4ccccc4)c3)c2)c2c(-c3ccccc3)cc(C(C)(C)C)cc2-c2cccc(-c3ccccc3)c2)c1. The van der Waals surface area contributed by atoms with Crippen LogP contribution in [0.15, 0.2) is 404 Å². The number of rotatable bonds is 15. The molecule has 3 heterocycles. The van der Waals surface area contributed by atoms with Crippen LogP contribution in [0, 0.1) is 0 Å². The molecule has 0 N–H and O–H groups in total. The van der Waals surface area contributed by atoms with E-state index in [2.05, 4.69) is 197 Å². The number of aromatic nitrogens is 2. The van der Waals surface area contributed by atoms with Crippen molar-refractivity contribution < 1.29 is 26.3 Å². The second-order valence-electron chi connectivity index (χ2n) is 31.3. The average Bonchev–Trinajstić information content (AvgIpc) is 1.55. The van der Waals surface area contributed by atoms with Crippen molar-refractivity contribution in [2.45, 2.75) is 52.4 Å². The fraction of sp³-hybridized carbons (Fsp3) is 0.0727. The average molecular weight is 1490 g/mol. The van der Waals surface area contributed by atoms with Crippen LogP contribution in [0.5, 0.6) is 0 Å². The first-order valence-electron chi connectivity index (χ1n) is 46.6. The first-order chi connectivity index (χ1) is 62.9. The van der Waals surface area contributed by atoms with E-state index in [1.165, 1.54) is 0 Å². The molecule has 20 aromatic rings. The summed E-state index contributed by atoms with van der Waals surface area (Å²) in [6, 6.07) is 94.0. The summed E-state index contributed by atoms with van der Waals surface area (Å²) in [6.07, 6.45) is 0. The molecule has 0 aliphatic carbocycles. The lowest BCUT2D eigenvalue weighted by Crippen LogP contribution is -2.18. The van der Waals surface area contributed by atoms with Crippen LogP contribution in [0.3, 0.4) is 0 Å². The van der Waals surface area contributed by atoms with Crippen molar-refractivity contribution in [2.24, 2.45) is 0 Å². The van der Waals surface area contributed by atoms with Gasteiger partial charge in [-0.15, -0.1) is 0 Å². The molecule has 0 bridgehead atoms. The number of nitrogens with zero attached hydrogens (tertiary/aromatic N) is 4. The Labute approximate surface area is 694 Å². The van der Waals surface area contributed by atoms with E-state index in [-0.39, 0.29) is 55.0 Å². The maximum Gasteiger partial charge on any atom is 0.135 e. The van der Waals surface area contributed by atoms with Gasteiger partial charge in [-0.1, -0.05) is 308 Å². The molecule has 17 aromatic carbocycles. The third-order valence-electron chi connectivity index (χ3n) is 22.0. The van der Waals surface area contributed by atoms with Gasteiger partial charge >= 0.3 is 0 Å². The van der Waals surface area contributed by atoms with Gasteiger partial charge in [0.15, 0.2) is 0 Å². The molecule has 20 rings (SSSR count). The minimum absolute atomic E-state index is 0.0673. The molecule has 0 saturated carbocycles. The van der Waals surface area contributed by atoms with Gasteiger partial charge in [0.1, 0.15) is 11.2 Å². The van der Waals surface area contributed by atoms with Crippen LogP contribution in [-0.2, 0) is 10.8 Å². The molecule has 0 fully saturated rings. The van der Waals surface area contributed by atoms with Crippen molar-refractivity contribution in [3.05, 3.63) is 411 Å². The Morgan fingerprint density at radius 2 is 0.583 bits per heavy atom. The molecular formula is C110H84N4O. The van der Waals surface area contributed by atoms with Crippen molar-refractivity contribution in [1.29, 1.82) is 0 Å². The first-order valence-corrected chi connectivity index (χ1v) is 38.6. The van der Waals surface area contributed by atoms with Crippen LogP contribution < -0.4 is 9.80 Å². The van der Waals surface area contributed by atoms with Gasteiger partial charge in [0.2, 0.25) is 0 Å². The normalized spacial score (nSPS) is 13.9. The predicted octanol–water partition coefficient (Wildman–Crippen LogP) is 31.0. The molecule has 0 atom stereocenters. The molecule has 0 radical (unpaired) electrons. The van der Waals surface area contributed by atoms with Crippen LogP contribution in [0.1, 0.15) is 74.6 Å². The van der Waals surface area contributed by atoms with E-state index in [0.29, 0.717) is 50.9 Å². The number of hydrogen-bond acceptors (Lipinski definition) is 3. The Morgan fingerprint density at radius 1 is 0.243 bits per heavy atom. The maximum atomic E-state index is 9.91. The smallest absolute Gasteiger partial charge is 0.135 e. The molecule has 0 spiro atoms. The fourth-order valence-electron chi connectivity index (χ4n) is 16.4. The molecular weight excluding hydrogens is 1390 g/mol. The Hall–Kier alpha value is -14.3. The zero-order chi connectivity index (χ0) is 91.4. The van der Waals surface area contributed by atoms with Crippen molar-refractivity contribution >= 4 is 99.7 Å². The number of anilines is 6. The summed E-state index contributed by atoms with van der Waals surface area (Å²) in [7, 11) is 0. The third-order valence-corrected chi connectivity index (χ3v) is 22.0. The highest BCUT2D eigenvalue weighted by atomic mass is 16.3. The fourth-order valence-corrected chi connectivity index (χ4v) is 16.4. The van der Waals surface area contributed by atoms with E-state index in [1.807, 2.05) is 146 Å². The number of hydrogen-bond donors (Lipinski definition) is 0. The zero-order valence-corrected chi connectivity index (χ0v) is 64.1. The van der Waals surface area contributed by atoms with E-state index in [9.17, 15) is 16.4 Å². The third kappa shape index (κ3) is 12.7. The molecule has 0 aliphatic rings. The van der Waals surface area contributed by atoms with Gasteiger partial charge in [0.25, 0.3) is 0 Å². The van der Waals surface area contributed by atoms with Crippen LogP contribution in [0.25, 0.3) is 155 Å². The highest BCUT2D eigenvalue weighted by molar-refractivity contribution is 6.12. The summed E-state index contributed by atoms with van der Waals surface area (Å²) in [5.74, 6) is 0. The molecule has 5 heteroatoms. The molecule has 550 valence electrons. The zero-order valence-electron chi connectivity index (χ0n) is 80.1. The van der Waals surface area contributed by atoms with Gasteiger partial charge < -0.3 is 23.4 Å². The molecule has 0 saturated heterocycles. The van der Waals surface area contributed by atoms with Crippen molar-refractivity contribution in [3.63, 3.8) is 0 Å². The highest BCUT2D eigenvalue weighted by Gasteiger charge is 2.32. The van der Waals surface area contributed by atoms with Gasteiger partial charge in [-0.25, -0.2) is 0 Å². The number of benzene rings is 17. The molecule has 3 aromatic heterocycles.